The molecule has 1 aliphatic heterocycles. The average Bonchev–Trinajstić information content (AvgIpc) is 3.37. The van der Waals surface area contributed by atoms with Crippen molar-refractivity contribution >= 4 is 11.6 Å². The topological polar surface area (TPSA) is 55.8 Å². The molecule has 0 bridgehead atoms. The number of benzene rings is 1. The normalized spacial score (nSPS) is 22.8. The average molecular weight is 480 g/mol. The second kappa shape index (κ2) is 9.09. The number of anilines is 1. The molecule has 9 heteroatoms. The van der Waals surface area contributed by atoms with Crippen LogP contribution in [0.25, 0.3) is 0 Å². The van der Waals surface area contributed by atoms with Crippen LogP contribution in [0.3, 0.4) is 0 Å². The standard InChI is InChI=1S/C25H29F4N3O2/c1-14(2)12-31(13-22(33)25(27,28)29)24(34)19-9-4-16-10-21-20(15(3)23(16)19)11-30-32(21)18-7-5-17(26)6-8-18/h5-8,10-11,14-15,19,22,30,33H,4,9,12-13H2,1-3H3/t15-,19-,22+/m0/s1. The number of amides is 1. The van der Waals surface area contributed by atoms with Crippen molar-refractivity contribution in [1.82, 2.24) is 10.3 Å². The number of aliphatic hydroxyl groups is 1. The van der Waals surface area contributed by atoms with Crippen molar-refractivity contribution in [1.29, 1.82) is 0 Å². The van der Waals surface area contributed by atoms with Gasteiger partial charge in [-0.2, -0.15) is 13.2 Å². The summed E-state index contributed by atoms with van der Waals surface area (Å²) in [6.45, 7) is 5.03. The largest absolute Gasteiger partial charge is 0.416 e. The van der Waals surface area contributed by atoms with Gasteiger partial charge in [0.05, 0.1) is 23.8 Å². The van der Waals surface area contributed by atoms with Crippen molar-refractivity contribution in [2.45, 2.75) is 45.9 Å². The van der Waals surface area contributed by atoms with Crippen LogP contribution in [0.5, 0.6) is 0 Å². The van der Waals surface area contributed by atoms with Gasteiger partial charge in [0.1, 0.15) is 5.82 Å². The summed E-state index contributed by atoms with van der Waals surface area (Å²) < 4.78 is 52.4. The first-order valence-corrected chi connectivity index (χ1v) is 11.5. The molecule has 0 radical (unpaired) electrons. The molecule has 3 aliphatic rings. The fourth-order valence-electron chi connectivity index (χ4n) is 5.08. The molecule has 1 heterocycles. The van der Waals surface area contributed by atoms with Gasteiger partial charge < -0.3 is 15.4 Å². The summed E-state index contributed by atoms with van der Waals surface area (Å²) in [5.41, 5.74) is 7.78. The van der Waals surface area contributed by atoms with Gasteiger partial charge in [-0.25, -0.2) is 4.39 Å². The zero-order chi connectivity index (χ0) is 24.8. The lowest BCUT2D eigenvalue weighted by Crippen LogP contribution is -2.47. The number of fused-ring (bicyclic) bond motifs is 1. The molecule has 2 N–H and O–H groups in total. The van der Waals surface area contributed by atoms with Crippen LogP contribution in [0.2, 0.25) is 0 Å². The van der Waals surface area contributed by atoms with Crippen molar-refractivity contribution in [3.63, 3.8) is 0 Å². The fourth-order valence-corrected chi connectivity index (χ4v) is 5.08. The van der Waals surface area contributed by atoms with E-state index in [1.807, 2.05) is 38.1 Å². The number of nitrogens with one attached hydrogen (secondary N) is 1. The van der Waals surface area contributed by atoms with Crippen LogP contribution >= 0.6 is 0 Å². The van der Waals surface area contributed by atoms with Crippen molar-refractivity contribution in [2.75, 3.05) is 18.1 Å². The van der Waals surface area contributed by atoms with Gasteiger partial charge in [-0.1, -0.05) is 20.8 Å². The highest BCUT2D eigenvalue weighted by Crippen LogP contribution is 2.48. The number of alkyl halides is 3. The lowest BCUT2D eigenvalue weighted by molar-refractivity contribution is -0.208. The first-order valence-electron chi connectivity index (χ1n) is 11.5. The molecule has 1 amide bonds. The van der Waals surface area contributed by atoms with Crippen LogP contribution in [0.4, 0.5) is 23.2 Å². The maximum atomic E-state index is 13.5. The molecule has 1 aromatic carbocycles. The van der Waals surface area contributed by atoms with Gasteiger partial charge in [-0.3, -0.25) is 9.80 Å². The predicted octanol–water partition coefficient (Wildman–Crippen LogP) is 4.68. The van der Waals surface area contributed by atoms with Crippen molar-refractivity contribution in [2.24, 2.45) is 17.8 Å². The molecule has 0 fully saturated rings. The van der Waals surface area contributed by atoms with Crippen LogP contribution < -0.4 is 10.4 Å². The maximum absolute atomic E-state index is 13.5. The van der Waals surface area contributed by atoms with E-state index in [-0.39, 0.29) is 30.1 Å². The number of carbonyl (C=O) groups is 1. The number of halogens is 4. The lowest BCUT2D eigenvalue weighted by atomic mass is 9.80. The van der Waals surface area contributed by atoms with Gasteiger partial charge in [0.2, 0.25) is 5.91 Å². The Hall–Kier alpha value is -2.81. The van der Waals surface area contributed by atoms with E-state index in [0.29, 0.717) is 12.8 Å². The summed E-state index contributed by atoms with van der Waals surface area (Å²) in [6.07, 6.45) is -2.34. The zero-order valence-electron chi connectivity index (χ0n) is 19.4. The number of nitrogens with zero attached hydrogens (tertiary/aromatic N) is 2. The van der Waals surface area contributed by atoms with E-state index in [9.17, 15) is 27.5 Å². The van der Waals surface area contributed by atoms with Crippen LogP contribution in [-0.4, -0.2) is 41.3 Å². The zero-order valence-corrected chi connectivity index (χ0v) is 19.4. The third kappa shape index (κ3) is 4.58. The molecule has 5 nitrogen and oxygen atoms in total. The van der Waals surface area contributed by atoms with E-state index in [1.54, 1.807) is 12.1 Å². The SMILES string of the molecule is CC(C)CN(C[C@@H](O)C(F)(F)F)C(=O)[C@H]1CCC2=C1[C@@H](C)C1=CNN(c3ccc(F)cc3)C1=C2. The molecule has 2 aliphatic carbocycles. The molecular formula is C25H29F4N3O2. The van der Waals surface area contributed by atoms with Gasteiger partial charge in [0.25, 0.3) is 0 Å². The van der Waals surface area contributed by atoms with E-state index >= 15 is 0 Å². The number of hydrogen-bond acceptors (Lipinski definition) is 4. The Morgan fingerprint density at radius 2 is 1.91 bits per heavy atom. The van der Waals surface area contributed by atoms with Gasteiger partial charge in [-0.15, -0.1) is 0 Å². The van der Waals surface area contributed by atoms with Crippen molar-refractivity contribution < 1.29 is 27.5 Å². The Morgan fingerprint density at radius 1 is 1.24 bits per heavy atom. The highest BCUT2D eigenvalue weighted by atomic mass is 19.4. The van der Waals surface area contributed by atoms with Crippen LogP contribution in [-0.2, 0) is 4.79 Å². The Balaban J connectivity index is 1.61. The molecule has 4 rings (SSSR count). The second-order valence-electron chi connectivity index (χ2n) is 9.56. The summed E-state index contributed by atoms with van der Waals surface area (Å²) in [4.78, 5) is 14.6. The van der Waals surface area contributed by atoms with Crippen molar-refractivity contribution in [3.8, 4) is 0 Å². The fraction of sp³-hybridized carbons (Fsp3) is 0.480. The number of hydrogen-bond donors (Lipinski definition) is 2. The van der Waals surface area contributed by atoms with E-state index in [1.165, 1.54) is 17.0 Å². The molecule has 0 saturated heterocycles. The van der Waals surface area contributed by atoms with E-state index in [2.05, 4.69) is 5.43 Å². The second-order valence-corrected chi connectivity index (χ2v) is 9.56. The minimum Gasteiger partial charge on any atom is -0.382 e. The summed E-state index contributed by atoms with van der Waals surface area (Å²) >= 11 is 0. The number of hydrazine groups is 1. The maximum Gasteiger partial charge on any atom is 0.416 e. The van der Waals surface area contributed by atoms with Crippen LogP contribution in [0.1, 0.15) is 33.6 Å². The van der Waals surface area contributed by atoms with Gasteiger partial charge in [0.15, 0.2) is 6.10 Å². The molecule has 0 spiro atoms. The molecule has 184 valence electrons. The number of rotatable bonds is 6. The Morgan fingerprint density at radius 3 is 2.53 bits per heavy atom. The number of allylic oxidation sites excluding steroid dienone is 3. The van der Waals surface area contributed by atoms with Gasteiger partial charge in [-0.05, 0) is 60.2 Å². The highest BCUT2D eigenvalue weighted by Gasteiger charge is 2.44. The van der Waals surface area contributed by atoms with E-state index in [4.69, 9.17) is 0 Å². The molecule has 0 unspecified atom stereocenters. The summed E-state index contributed by atoms with van der Waals surface area (Å²) in [6, 6.07) is 6.11. The van der Waals surface area contributed by atoms with E-state index in [0.717, 1.165) is 28.1 Å². The number of aliphatic hydroxyl groups excluding tert-OH is 1. The third-order valence-corrected chi connectivity index (χ3v) is 6.63. The molecule has 34 heavy (non-hydrogen) atoms. The molecule has 1 aromatic rings. The minimum absolute atomic E-state index is 0.0412. The molecule has 0 saturated carbocycles. The Kier molecular flexibility index (Phi) is 6.50. The summed E-state index contributed by atoms with van der Waals surface area (Å²) in [5, 5.41) is 11.5. The Bertz CT molecular complexity index is 1040. The summed E-state index contributed by atoms with van der Waals surface area (Å²) in [7, 11) is 0. The third-order valence-electron chi connectivity index (χ3n) is 6.63. The smallest absolute Gasteiger partial charge is 0.382 e. The minimum atomic E-state index is -4.78. The lowest BCUT2D eigenvalue weighted by Gasteiger charge is -2.33. The summed E-state index contributed by atoms with van der Waals surface area (Å²) in [5.74, 6) is -1.38. The van der Waals surface area contributed by atoms with Gasteiger partial charge >= 0.3 is 6.18 Å². The van der Waals surface area contributed by atoms with Crippen molar-refractivity contribution in [3.05, 3.63) is 64.8 Å². The molecule has 0 aromatic heterocycles. The van der Waals surface area contributed by atoms with Gasteiger partial charge in [0, 0.05) is 24.2 Å². The first kappa shape index (κ1) is 24.3. The van der Waals surface area contributed by atoms with Crippen LogP contribution in [0, 0.1) is 23.6 Å². The predicted molar refractivity (Wildman–Crippen MR) is 121 cm³/mol. The molecular weight excluding hydrogens is 450 g/mol. The van der Waals surface area contributed by atoms with Crippen LogP contribution in [0.15, 0.2) is 59.0 Å². The Labute approximate surface area is 196 Å². The first-order chi connectivity index (χ1) is 16.0. The van der Waals surface area contributed by atoms with E-state index < -0.39 is 24.7 Å². The quantitative estimate of drug-likeness (QED) is 0.582. The molecule has 3 atom stereocenters. The monoisotopic (exact) mass is 479 g/mol. The number of carbonyl (C=O) groups excluding carboxylic acids is 1. The highest BCUT2D eigenvalue weighted by molar-refractivity contribution is 5.84.